The molecule has 0 fully saturated rings. The van der Waals surface area contributed by atoms with E-state index in [4.69, 9.17) is 5.11 Å². The van der Waals surface area contributed by atoms with Crippen molar-refractivity contribution in [2.75, 3.05) is 6.61 Å². The van der Waals surface area contributed by atoms with Crippen molar-refractivity contribution in [1.29, 1.82) is 0 Å². The number of esters is 1. The minimum atomic E-state index is -1.03. The van der Waals surface area contributed by atoms with Crippen LogP contribution in [0.15, 0.2) is 23.8 Å². The maximum Gasteiger partial charge on any atom is 0.330 e. The highest BCUT2D eigenvalue weighted by Crippen LogP contribution is 2.00. The lowest BCUT2D eigenvalue weighted by Gasteiger charge is -2.07. The third-order valence-electron chi connectivity index (χ3n) is 1.75. The van der Waals surface area contributed by atoms with Crippen LogP contribution >= 0.6 is 0 Å². The van der Waals surface area contributed by atoms with Gasteiger partial charge >= 0.3 is 11.9 Å². The molecule has 1 unspecified atom stereocenters. The zero-order chi connectivity index (χ0) is 12.6. The molecule has 0 aromatic rings. The molecular formula is C11H16O5. The molecule has 0 aromatic carbocycles. The molecule has 0 bridgehead atoms. The van der Waals surface area contributed by atoms with Gasteiger partial charge in [0.05, 0.1) is 6.10 Å². The van der Waals surface area contributed by atoms with Gasteiger partial charge in [0.25, 0.3) is 0 Å². The zero-order valence-corrected chi connectivity index (χ0v) is 9.34. The first kappa shape index (κ1) is 14.4. The van der Waals surface area contributed by atoms with Gasteiger partial charge in [-0.05, 0) is 20.3 Å². The summed E-state index contributed by atoms with van der Waals surface area (Å²) >= 11 is 0. The van der Waals surface area contributed by atoms with Gasteiger partial charge < -0.3 is 14.9 Å². The van der Waals surface area contributed by atoms with Crippen molar-refractivity contribution in [1.82, 2.24) is 0 Å². The van der Waals surface area contributed by atoms with Crippen molar-refractivity contribution in [2.45, 2.75) is 26.4 Å². The lowest BCUT2D eigenvalue weighted by Crippen LogP contribution is -2.17. The lowest BCUT2D eigenvalue weighted by atomic mass is 10.2. The SMILES string of the molecule is CC=CC(=O)OCC(O)CC=C(C)C(=O)O. The van der Waals surface area contributed by atoms with Crippen LogP contribution in [0.25, 0.3) is 0 Å². The first-order chi connectivity index (χ1) is 7.47. The van der Waals surface area contributed by atoms with Crippen molar-refractivity contribution in [2.24, 2.45) is 0 Å². The number of aliphatic hydroxyl groups is 1. The Morgan fingerprint density at radius 3 is 2.56 bits per heavy atom. The van der Waals surface area contributed by atoms with Crippen molar-refractivity contribution in [3.8, 4) is 0 Å². The summed E-state index contributed by atoms with van der Waals surface area (Å²) in [5.74, 6) is -1.56. The quantitative estimate of drug-likeness (QED) is 0.521. The number of carbonyl (C=O) groups excluding carboxylic acids is 1. The first-order valence-corrected chi connectivity index (χ1v) is 4.85. The van der Waals surface area contributed by atoms with E-state index < -0.39 is 18.0 Å². The van der Waals surface area contributed by atoms with E-state index in [0.717, 1.165) is 0 Å². The third kappa shape index (κ3) is 6.78. The van der Waals surface area contributed by atoms with Crippen LogP contribution in [0.5, 0.6) is 0 Å². The molecule has 0 aliphatic carbocycles. The average Bonchev–Trinajstić information content (AvgIpc) is 2.23. The number of hydrogen-bond acceptors (Lipinski definition) is 4. The number of rotatable bonds is 6. The summed E-state index contributed by atoms with van der Waals surface area (Å²) in [6.07, 6.45) is 3.41. The zero-order valence-electron chi connectivity index (χ0n) is 9.34. The number of carboxylic acid groups (broad SMARTS) is 1. The predicted octanol–water partition coefficient (Wildman–Crippen LogP) is 0.888. The molecule has 0 radical (unpaired) electrons. The summed E-state index contributed by atoms with van der Waals surface area (Å²) in [6.45, 7) is 2.96. The van der Waals surface area contributed by atoms with Crippen LogP contribution in [-0.4, -0.2) is 34.9 Å². The van der Waals surface area contributed by atoms with Crippen molar-refractivity contribution >= 4 is 11.9 Å². The molecule has 16 heavy (non-hydrogen) atoms. The van der Waals surface area contributed by atoms with E-state index in [0.29, 0.717) is 0 Å². The molecule has 1 atom stereocenters. The van der Waals surface area contributed by atoms with E-state index in [-0.39, 0.29) is 18.6 Å². The fourth-order valence-corrected chi connectivity index (χ4v) is 0.831. The normalized spacial score (nSPS) is 13.8. The van der Waals surface area contributed by atoms with E-state index in [1.165, 1.54) is 25.2 Å². The monoisotopic (exact) mass is 228 g/mol. The van der Waals surface area contributed by atoms with Crippen LogP contribution in [0, 0.1) is 0 Å². The predicted molar refractivity (Wildman–Crippen MR) is 57.8 cm³/mol. The van der Waals surface area contributed by atoms with Crippen LogP contribution in [0.4, 0.5) is 0 Å². The summed E-state index contributed by atoms with van der Waals surface area (Å²) in [5.41, 5.74) is 0.152. The van der Waals surface area contributed by atoms with Gasteiger partial charge in [0.15, 0.2) is 0 Å². The summed E-state index contributed by atoms with van der Waals surface area (Å²) in [4.78, 5) is 21.3. The van der Waals surface area contributed by atoms with E-state index >= 15 is 0 Å². The second-order valence-electron chi connectivity index (χ2n) is 3.21. The Labute approximate surface area is 94.0 Å². The number of hydrogen-bond donors (Lipinski definition) is 2. The minimum absolute atomic E-state index is 0.140. The van der Waals surface area contributed by atoms with Crippen LogP contribution in [0.1, 0.15) is 20.3 Å². The summed E-state index contributed by atoms with van der Waals surface area (Å²) in [6, 6.07) is 0. The molecule has 0 saturated carbocycles. The molecule has 90 valence electrons. The van der Waals surface area contributed by atoms with Crippen molar-refractivity contribution < 1.29 is 24.5 Å². The molecule has 0 aromatic heterocycles. The largest absolute Gasteiger partial charge is 0.478 e. The van der Waals surface area contributed by atoms with Crippen LogP contribution in [0.3, 0.4) is 0 Å². The fourth-order valence-electron chi connectivity index (χ4n) is 0.831. The van der Waals surface area contributed by atoms with Gasteiger partial charge in [0.2, 0.25) is 0 Å². The first-order valence-electron chi connectivity index (χ1n) is 4.85. The molecule has 5 heteroatoms. The Morgan fingerprint density at radius 2 is 2.06 bits per heavy atom. The standard InChI is InChI=1S/C11H16O5/c1-3-4-10(13)16-7-9(12)6-5-8(2)11(14)15/h3-5,9,12H,6-7H2,1-2H3,(H,14,15). The Kier molecular flexibility index (Phi) is 6.87. The third-order valence-corrected chi connectivity index (χ3v) is 1.75. The van der Waals surface area contributed by atoms with E-state index in [1.807, 2.05) is 0 Å². The number of ether oxygens (including phenoxy) is 1. The number of aliphatic carboxylic acids is 1. The molecule has 0 amide bonds. The van der Waals surface area contributed by atoms with E-state index in [9.17, 15) is 14.7 Å². The topological polar surface area (TPSA) is 83.8 Å². The Morgan fingerprint density at radius 1 is 1.44 bits per heavy atom. The second kappa shape index (κ2) is 7.64. The maximum absolute atomic E-state index is 10.9. The highest BCUT2D eigenvalue weighted by molar-refractivity contribution is 5.85. The summed E-state index contributed by atoms with van der Waals surface area (Å²) in [5, 5.41) is 17.9. The molecule has 0 aliphatic heterocycles. The highest BCUT2D eigenvalue weighted by Gasteiger charge is 2.07. The lowest BCUT2D eigenvalue weighted by molar-refractivity contribution is -0.140. The molecule has 5 nitrogen and oxygen atoms in total. The molecule has 0 spiro atoms. The molecule has 2 N–H and O–H groups in total. The average molecular weight is 228 g/mol. The molecule has 0 heterocycles. The Balaban J connectivity index is 3.92. The number of carboxylic acids is 1. The van der Waals surface area contributed by atoms with Gasteiger partial charge in [-0.3, -0.25) is 0 Å². The second-order valence-corrected chi connectivity index (χ2v) is 3.21. The molecular weight excluding hydrogens is 212 g/mol. The number of allylic oxidation sites excluding steroid dienone is 1. The van der Waals surface area contributed by atoms with Gasteiger partial charge in [0.1, 0.15) is 6.61 Å². The van der Waals surface area contributed by atoms with E-state index in [1.54, 1.807) is 6.92 Å². The van der Waals surface area contributed by atoms with Gasteiger partial charge in [-0.1, -0.05) is 12.2 Å². The molecule has 0 saturated heterocycles. The number of aliphatic hydroxyl groups excluding tert-OH is 1. The van der Waals surface area contributed by atoms with Gasteiger partial charge in [-0.2, -0.15) is 0 Å². The van der Waals surface area contributed by atoms with Gasteiger partial charge in [-0.25, -0.2) is 9.59 Å². The van der Waals surface area contributed by atoms with Crippen LogP contribution in [-0.2, 0) is 14.3 Å². The van der Waals surface area contributed by atoms with E-state index in [2.05, 4.69) is 4.74 Å². The fraction of sp³-hybridized carbons (Fsp3) is 0.455. The van der Waals surface area contributed by atoms with Gasteiger partial charge in [-0.15, -0.1) is 0 Å². The van der Waals surface area contributed by atoms with Crippen LogP contribution < -0.4 is 0 Å². The minimum Gasteiger partial charge on any atom is -0.478 e. The molecule has 0 aliphatic rings. The summed E-state index contributed by atoms with van der Waals surface area (Å²) in [7, 11) is 0. The van der Waals surface area contributed by atoms with Crippen LogP contribution in [0.2, 0.25) is 0 Å². The maximum atomic E-state index is 10.9. The summed E-state index contributed by atoms with van der Waals surface area (Å²) < 4.78 is 4.68. The molecule has 0 rings (SSSR count). The Bertz CT molecular complexity index is 303. The smallest absolute Gasteiger partial charge is 0.330 e. The highest BCUT2D eigenvalue weighted by atomic mass is 16.5. The van der Waals surface area contributed by atoms with Gasteiger partial charge in [0, 0.05) is 11.6 Å². The van der Waals surface area contributed by atoms with Crippen molar-refractivity contribution in [3.05, 3.63) is 23.8 Å². The van der Waals surface area contributed by atoms with Crippen molar-refractivity contribution in [3.63, 3.8) is 0 Å². The number of carbonyl (C=O) groups is 2. The Hall–Kier alpha value is -1.62.